The summed E-state index contributed by atoms with van der Waals surface area (Å²) in [6.07, 6.45) is 5.77. The molecule has 1 saturated heterocycles. The van der Waals surface area contributed by atoms with E-state index in [1.165, 1.54) is 11.1 Å². The van der Waals surface area contributed by atoms with Crippen molar-refractivity contribution in [3.63, 3.8) is 0 Å². The Morgan fingerprint density at radius 1 is 1.18 bits per heavy atom. The third kappa shape index (κ3) is 2.05. The van der Waals surface area contributed by atoms with Gasteiger partial charge >= 0.3 is 0 Å². The second-order valence-corrected chi connectivity index (χ2v) is 4.81. The van der Waals surface area contributed by atoms with Crippen LogP contribution in [0.1, 0.15) is 38.4 Å². The lowest BCUT2D eigenvalue weighted by atomic mass is 9.86. The molecule has 1 aliphatic heterocycles. The van der Waals surface area contributed by atoms with Crippen LogP contribution in [0.5, 0.6) is 0 Å². The molecule has 0 amide bonds. The highest BCUT2D eigenvalue weighted by atomic mass is 16.7. The van der Waals surface area contributed by atoms with Gasteiger partial charge in [-0.15, -0.1) is 0 Å². The first-order valence-corrected chi connectivity index (χ1v) is 6.29. The molecular formula is C14H18O3. The minimum absolute atomic E-state index is 0.271. The molecule has 1 aromatic heterocycles. The monoisotopic (exact) mass is 234 g/mol. The van der Waals surface area contributed by atoms with E-state index in [0.29, 0.717) is 0 Å². The van der Waals surface area contributed by atoms with Crippen molar-refractivity contribution in [2.24, 2.45) is 0 Å². The number of hydrogen-bond donors (Lipinski definition) is 0. The second kappa shape index (κ2) is 4.31. The summed E-state index contributed by atoms with van der Waals surface area (Å²) < 4.78 is 16.9. The van der Waals surface area contributed by atoms with Crippen molar-refractivity contribution >= 4 is 5.57 Å². The predicted molar refractivity (Wildman–Crippen MR) is 64.4 cm³/mol. The Labute approximate surface area is 101 Å². The van der Waals surface area contributed by atoms with E-state index in [2.05, 4.69) is 6.92 Å². The lowest BCUT2D eigenvalue weighted by Gasteiger charge is -2.33. The first kappa shape index (κ1) is 11.1. The summed E-state index contributed by atoms with van der Waals surface area (Å²) in [4.78, 5) is 0. The fraction of sp³-hybridized carbons (Fsp3) is 0.571. The highest BCUT2D eigenvalue weighted by Gasteiger charge is 2.39. The molecule has 0 N–H and O–H groups in total. The highest BCUT2D eigenvalue weighted by molar-refractivity contribution is 5.63. The van der Waals surface area contributed by atoms with Gasteiger partial charge < -0.3 is 13.9 Å². The van der Waals surface area contributed by atoms with Crippen LogP contribution in [0.25, 0.3) is 5.57 Å². The van der Waals surface area contributed by atoms with Crippen LogP contribution < -0.4 is 0 Å². The highest BCUT2D eigenvalue weighted by Crippen LogP contribution is 2.40. The molecule has 92 valence electrons. The Morgan fingerprint density at radius 3 is 2.47 bits per heavy atom. The molecule has 1 aliphatic carbocycles. The average molecular weight is 234 g/mol. The molecule has 2 aliphatic rings. The minimum atomic E-state index is -0.271. The van der Waals surface area contributed by atoms with Gasteiger partial charge in [0, 0.05) is 12.8 Å². The minimum Gasteiger partial charge on any atom is -0.465 e. The zero-order valence-electron chi connectivity index (χ0n) is 10.2. The van der Waals surface area contributed by atoms with Gasteiger partial charge in [-0.25, -0.2) is 0 Å². The summed E-state index contributed by atoms with van der Waals surface area (Å²) in [6, 6.07) is 3.96. The predicted octanol–water partition coefficient (Wildman–Crippen LogP) is 3.37. The fourth-order valence-electron chi connectivity index (χ4n) is 2.76. The topological polar surface area (TPSA) is 31.6 Å². The van der Waals surface area contributed by atoms with E-state index >= 15 is 0 Å². The van der Waals surface area contributed by atoms with E-state index in [1.807, 2.05) is 12.1 Å². The number of furan rings is 1. The van der Waals surface area contributed by atoms with Gasteiger partial charge in [0.2, 0.25) is 0 Å². The molecule has 2 fully saturated rings. The molecule has 1 spiro atoms. The third-order valence-electron chi connectivity index (χ3n) is 3.85. The molecule has 3 heteroatoms. The van der Waals surface area contributed by atoms with Crippen molar-refractivity contribution in [1.29, 1.82) is 0 Å². The van der Waals surface area contributed by atoms with Crippen LogP contribution in [0.4, 0.5) is 0 Å². The standard InChI is InChI=1S/C14H18O3/c1-11(13-3-2-8-15-13)12-4-6-14(7-5-12)16-9-10-17-14/h2-3,8H,4-7,9-10H2,1H3. The number of allylic oxidation sites excluding steroid dienone is 2. The number of rotatable bonds is 1. The van der Waals surface area contributed by atoms with Crippen molar-refractivity contribution in [3.8, 4) is 0 Å². The summed E-state index contributed by atoms with van der Waals surface area (Å²) in [6.45, 7) is 3.63. The van der Waals surface area contributed by atoms with Gasteiger partial charge in [0.25, 0.3) is 0 Å². The van der Waals surface area contributed by atoms with Gasteiger partial charge in [0.15, 0.2) is 5.79 Å². The van der Waals surface area contributed by atoms with Crippen LogP contribution in [0.15, 0.2) is 28.4 Å². The molecule has 3 nitrogen and oxygen atoms in total. The first-order chi connectivity index (χ1) is 8.29. The second-order valence-electron chi connectivity index (χ2n) is 4.81. The van der Waals surface area contributed by atoms with E-state index in [9.17, 15) is 0 Å². The molecule has 0 aromatic carbocycles. The molecule has 3 rings (SSSR count). The lowest BCUT2D eigenvalue weighted by molar-refractivity contribution is -0.171. The molecule has 1 aromatic rings. The van der Waals surface area contributed by atoms with Crippen molar-refractivity contribution in [2.75, 3.05) is 13.2 Å². The van der Waals surface area contributed by atoms with Crippen LogP contribution in [-0.4, -0.2) is 19.0 Å². The normalized spacial score (nSPS) is 23.2. The maximum Gasteiger partial charge on any atom is 0.169 e. The summed E-state index contributed by atoms with van der Waals surface area (Å²) in [7, 11) is 0. The van der Waals surface area contributed by atoms with Gasteiger partial charge in [-0.05, 0) is 37.5 Å². The third-order valence-corrected chi connectivity index (χ3v) is 3.85. The summed E-state index contributed by atoms with van der Waals surface area (Å²) >= 11 is 0. The SMILES string of the molecule is CC(=C1CCC2(CC1)OCCO2)c1ccco1. The maximum atomic E-state index is 5.73. The molecule has 0 unspecified atom stereocenters. The zero-order valence-corrected chi connectivity index (χ0v) is 10.2. The van der Waals surface area contributed by atoms with E-state index in [4.69, 9.17) is 13.9 Å². The summed E-state index contributed by atoms with van der Waals surface area (Å²) in [5.74, 6) is 0.719. The first-order valence-electron chi connectivity index (χ1n) is 6.29. The smallest absolute Gasteiger partial charge is 0.169 e. The maximum absolute atomic E-state index is 5.73. The lowest BCUT2D eigenvalue weighted by Crippen LogP contribution is -2.33. The molecule has 17 heavy (non-hydrogen) atoms. The van der Waals surface area contributed by atoms with Crippen molar-refractivity contribution in [2.45, 2.75) is 38.4 Å². The van der Waals surface area contributed by atoms with Crippen molar-refractivity contribution < 1.29 is 13.9 Å². The molecule has 0 atom stereocenters. The number of hydrogen-bond acceptors (Lipinski definition) is 3. The van der Waals surface area contributed by atoms with Gasteiger partial charge in [0.05, 0.1) is 19.5 Å². The fourth-order valence-corrected chi connectivity index (χ4v) is 2.76. The average Bonchev–Trinajstić information content (AvgIpc) is 3.01. The van der Waals surface area contributed by atoms with E-state index in [-0.39, 0.29) is 5.79 Å². The molecule has 0 bridgehead atoms. The van der Waals surface area contributed by atoms with Crippen molar-refractivity contribution in [3.05, 3.63) is 29.7 Å². The van der Waals surface area contributed by atoms with Gasteiger partial charge in [-0.1, -0.05) is 5.57 Å². The number of ether oxygens (including phenoxy) is 2. The van der Waals surface area contributed by atoms with E-state index in [1.54, 1.807) is 6.26 Å². The largest absolute Gasteiger partial charge is 0.465 e. The Kier molecular flexibility index (Phi) is 2.81. The quantitative estimate of drug-likeness (QED) is 0.746. The Morgan fingerprint density at radius 2 is 1.88 bits per heavy atom. The Hall–Kier alpha value is -1.06. The molecule has 0 radical (unpaired) electrons. The van der Waals surface area contributed by atoms with Crippen LogP contribution in [0.2, 0.25) is 0 Å². The Balaban J connectivity index is 1.74. The zero-order chi connectivity index (χ0) is 11.7. The van der Waals surface area contributed by atoms with Crippen LogP contribution in [0, 0.1) is 0 Å². The molecule has 1 saturated carbocycles. The van der Waals surface area contributed by atoms with Crippen LogP contribution in [0.3, 0.4) is 0 Å². The van der Waals surface area contributed by atoms with Gasteiger partial charge in [-0.2, -0.15) is 0 Å². The van der Waals surface area contributed by atoms with Crippen molar-refractivity contribution in [1.82, 2.24) is 0 Å². The molecule has 2 heterocycles. The van der Waals surface area contributed by atoms with Crippen LogP contribution in [-0.2, 0) is 9.47 Å². The van der Waals surface area contributed by atoms with Crippen LogP contribution >= 0.6 is 0 Å². The molecular weight excluding hydrogens is 216 g/mol. The Bertz CT molecular complexity index is 399. The summed E-state index contributed by atoms with van der Waals surface area (Å²) in [5, 5.41) is 0. The van der Waals surface area contributed by atoms with E-state index in [0.717, 1.165) is 44.7 Å². The van der Waals surface area contributed by atoms with Gasteiger partial charge in [0.1, 0.15) is 5.76 Å². The van der Waals surface area contributed by atoms with E-state index < -0.39 is 0 Å². The summed E-state index contributed by atoms with van der Waals surface area (Å²) in [5.41, 5.74) is 2.76. The van der Waals surface area contributed by atoms with Gasteiger partial charge in [-0.3, -0.25) is 0 Å².